The molecule has 0 aliphatic heterocycles. The van der Waals surface area contributed by atoms with Gasteiger partial charge in [0.1, 0.15) is 0 Å². The van der Waals surface area contributed by atoms with Crippen molar-refractivity contribution in [3.05, 3.63) is 29.8 Å². The van der Waals surface area contributed by atoms with E-state index in [-0.39, 0.29) is 6.04 Å². The zero-order valence-corrected chi connectivity index (χ0v) is 11.1. The Bertz CT molecular complexity index is 440. The van der Waals surface area contributed by atoms with Gasteiger partial charge in [-0.05, 0) is 42.5 Å². The minimum atomic E-state index is 0.176. The van der Waals surface area contributed by atoms with Crippen LogP contribution in [0.2, 0.25) is 0 Å². The SMILES string of the molecule is COc1ccc(C2=CC(N)CCCC2)cc1OC. The second-order valence-electron chi connectivity index (χ2n) is 4.67. The van der Waals surface area contributed by atoms with Crippen LogP contribution in [0.1, 0.15) is 31.2 Å². The van der Waals surface area contributed by atoms with Crippen LogP contribution in [-0.2, 0) is 0 Å². The molecule has 1 unspecified atom stereocenters. The van der Waals surface area contributed by atoms with Crippen molar-refractivity contribution in [2.45, 2.75) is 31.7 Å². The van der Waals surface area contributed by atoms with E-state index >= 15 is 0 Å². The lowest BCUT2D eigenvalue weighted by Gasteiger charge is -2.12. The molecule has 1 aromatic carbocycles. The van der Waals surface area contributed by atoms with Crippen molar-refractivity contribution in [1.82, 2.24) is 0 Å². The summed E-state index contributed by atoms with van der Waals surface area (Å²) >= 11 is 0. The van der Waals surface area contributed by atoms with Gasteiger partial charge in [-0.3, -0.25) is 0 Å². The fourth-order valence-electron chi connectivity index (χ4n) is 2.40. The number of benzene rings is 1. The number of methoxy groups -OCH3 is 2. The van der Waals surface area contributed by atoms with Gasteiger partial charge in [0.05, 0.1) is 14.2 Å². The van der Waals surface area contributed by atoms with E-state index in [0.717, 1.165) is 24.3 Å². The molecule has 0 heterocycles. The molecule has 2 N–H and O–H groups in total. The molecule has 0 bridgehead atoms. The van der Waals surface area contributed by atoms with Gasteiger partial charge in [-0.15, -0.1) is 0 Å². The quantitative estimate of drug-likeness (QED) is 0.893. The Morgan fingerprint density at radius 2 is 1.89 bits per heavy atom. The van der Waals surface area contributed by atoms with Crippen molar-refractivity contribution in [3.63, 3.8) is 0 Å². The molecule has 0 saturated heterocycles. The van der Waals surface area contributed by atoms with E-state index in [4.69, 9.17) is 15.2 Å². The Labute approximate surface area is 109 Å². The van der Waals surface area contributed by atoms with Gasteiger partial charge in [0.25, 0.3) is 0 Å². The Balaban J connectivity index is 2.32. The highest BCUT2D eigenvalue weighted by atomic mass is 16.5. The third kappa shape index (κ3) is 2.85. The highest BCUT2D eigenvalue weighted by Crippen LogP contribution is 2.33. The highest BCUT2D eigenvalue weighted by Gasteiger charge is 2.12. The summed E-state index contributed by atoms with van der Waals surface area (Å²) in [4.78, 5) is 0. The summed E-state index contributed by atoms with van der Waals surface area (Å²) in [6, 6.07) is 6.23. The van der Waals surface area contributed by atoms with Crippen LogP contribution >= 0.6 is 0 Å². The van der Waals surface area contributed by atoms with E-state index in [1.807, 2.05) is 12.1 Å². The molecule has 18 heavy (non-hydrogen) atoms. The first-order chi connectivity index (χ1) is 8.74. The summed E-state index contributed by atoms with van der Waals surface area (Å²) in [5.41, 5.74) is 8.56. The van der Waals surface area contributed by atoms with Gasteiger partial charge in [-0.1, -0.05) is 18.6 Å². The molecule has 0 saturated carbocycles. The first kappa shape index (κ1) is 13.0. The molecule has 3 heteroatoms. The predicted octanol–water partition coefficient (Wildman–Crippen LogP) is 2.99. The highest BCUT2D eigenvalue weighted by molar-refractivity contribution is 5.69. The van der Waals surface area contributed by atoms with Crippen LogP contribution in [0.3, 0.4) is 0 Å². The van der Waals surface area contributed by atoms with Crippen molar-refractivity contribution >= 4 is 5.57 Å². The molecule has 1 aliphatic rings. The van der Waals surface area contributed by atoms with Crippen LogP contribution in [0.25, 0.3) is 5.57 Å². The lowest BCUT2D eigenvalue weighted by Crippen LogP contribution is -2.15. The molecule has 2 rings (SSSR count). The third-order valence-corrected chi connectivity index (χ3v) is 3.40. The lowest BCUT2D eigenvalue weighted by atomic mass is 10.0. The van der Waals surface area contributed by atoms with E-state index < -0.39 is 0 Å². The summed E-state index contributed by atoms with van der Waals surface area (Å²) < 4.78 is 10.6. The maximum atomic E-state index is 6.06. The van der Waals surface area contributed by atoms with Gasteiger partial charge in [0, 0.05) is 6.04 Å². The van der Waals surface area contributed by atoms with E-state index in [9.17, 15) is 0 Å². The van der Waals surface area contributed by atoms with Crippen LogP contribution in [-0.4, -0.2) is 20.3 Å². The van der Waals surface area contributed by atoms with Crippen LogP contribution in [0.4, 0.5) is 0 Å². The monoisotopic (exact) mass is 247 g/mol. The molecule has 0 amide bonds. The van der Waals surface area contributed by atoms with Gasteiger partial charge < -0.3 is 15.2 Å². The van der Waals surface area contributed by atoms with Gasteiger partial charge in [0.2, 0.25) is 0 Å². The minimum Gasteiger partial charge on any atom is -0.493 e. The molecule has 98 valence electrons. The van der Waals surface area contributed by atoms with Gasteiger partial charge >= 0.3 is 0 Å². The summed E-state index contributed by atoms with van der Waals surface area (Å²) in [6.45, 7) is 0. The Morgan fingerprint density at radius 3 is 2.61 bits per heavy atom. The molecular formula is C15H21NO2. The number of rotatable bonds is 3. The van der Waals surface area contributed by atoms with E-state index in [1.165, 1.54) is 24.0 Å². The van der Waals surface area contributed by atoms with Crippen LogP contribution in [0.15, 0.2) is 24.3 Å². The second-order valence-corrected chi connectivity index (χ2v) is 4.67. The Hall–Kier alpha value is -1.48. The van der Waals surface area contributed by atoms with Crippen molar-refractivity contribution in [2.75, 3.05) is 14.2 Å². The summed E-state index contributed by atoms with van der Waals surface area (Å²) in [5.74, 6) is 1.54. The second kappa shape index (κ2) is 5.91. The molecule has 0 fully saturated rings. The molecule has 0 radical (unpaired) electrons. The number of hydrogen-bond donors (Lipinski definition) is 1. The fraction of sp³-hybridized carbons (Fsp3) is 0.467. The van der Waals surface area contributed by atoms with E-state index in [1.54, 1.807) is 14.2 Å². The minimum absolute atomic E-state index is 0.176. The number of ether oxygens (including phenoxy) is 2. The average Bonchev–Trinajstić information content (AvgIpc) is 2.62. The molecule has 1 aliphatic carbocycles. The molecule has 3 nitrogen and oxygen atoms in total. The topological polar surface area (TPSA) is 44.5 Å². The standard InChI is InChI=1S/C15H21NO2/c1-17-14-8-7-12(10-15(14)18-2)11-5-3-4-6-13(16)9-11/h7-10,13H,3-6,16H2,1-2H3. The first-order valence-electron chi connectivity index (χ1n) is 6.43. The van der Waals surface area contributed by atoms with Crippen LogP contribution in [0.5, 0.6) is 11.5 Å². The molecular weight excluding hydrogens is 226 g/mol. The first-order valence-corrected chi connectivity index (χ1v) is 6.43. The summed E-state index contributed by atoms with van der Waals surface area (Å²) in [6.07, 6.45) is 6.76. The van der Waals surface area contributed by atoms with Crippen molar-refractivity contribution < 1.29 is 9.47 Å². The third-order valence-electron chi connectivity index (χ3n) is 3.40. The van der Waals surface area contributed by atoms with E-state index in [0.29, 0.717) is 0 Å². The molecule has 1 atom stereocenters. The van der Waals surface area contributed by atoms with Crippen molar-refractivity contribution in [3.8, 4) is 11.5 Å². The van der Waals surface area contributed by atoms with Crippen molar-refractivity contribution in [2.24, 2.45) is 5.73 Å². The zero-order valence-electron chi connectivity index (χ0n) is 11.1. The predicted molar refractivity (Wildman–Crippen MR) is 74.0 cm³/mol. The Morgan fingerprint density at radius 1 is 1.11 bits per heavy atom. The molecule has 1 aromatic rings. The molecule has 0 aromatic heterocycles. The maximum absolute atomic E-state index is 6.06. The van der Waals surface area contributed by atoms with Crippen molar-refractivity contribution in [1.29, 1.82) is 0 Å². The average molecular weight is 247 g/mol. The number of allylic oxidation sites excluding steroid dienone is 1. The largest absolute Gasteiger partial charge is 0.493 e. The smallest absolute Gasteiger partial charge is 0.161 e. The maximum Gasteiger partial charge on any atom is 0.161 e. The van der Waals surface area contributed by atoms with E-state index in [2.05, 4.69) is 12.1 Å². The Kier molecular flexibility index (Phi) is 4.26. The number of hydrogen-bond acceptors (Lipinski definition) is 3. The normalized spacial score (nSPS) is 19.9. The van der Waals surface area contributed by atoms with Gasteiger partial charge in [-0.25, -0.2) is 0 Å². The lowest BCUT2D eigenvalue weighted by molar-refractivity contribution is 0.355. The summed E-state index contributed by atoms with van der Waals surface area (Å²) in [7, 11) is 3.31. The summed E-state index contributed by atoms with van der Waals surface area (Å²) in [5, 5.41) is 0. The van der Waals surface area contributed by atoms with Crippen LogP contribution < -0.4 is 15.2 Å². The number of nitrogens with two attached hydrogens (primary N) is 1. The fourth-order valence-corrected chi connectivity index (χ4v) is 2.40. The zero-order chi connectivity index (χ0) is 13.0. The van der Waals surface area contributed by atoms with Crippen LogP contribution in [0, 0.1) is 0 Å². The van der Waals surface area contributed by atoms with Gasteiger partial charge in [0.15, 0.2) is 11.5 Å². The van der Waals surface area contributed by atoms with Gasteiger partial charge in [-0.2, -0.15) is 0 Å². The molecule has 0 spiro atoms.